The van der Waals surface area contributed by atoms with Gasteiger partial charge in [0.2, 0.25) is 16.5 Å². The molecule has 100 valence electrons. The van der Waals surface area contributed by atoms with E-state index >= 15 is 0 Å². The normalized spacial score (nSPS) is 10.8. The number of benzene rings is 2. The molecule has 0 aliphatic heterocycles. The number of hydrogen-bond donors (Lipinski definition) is 1. The van der Waals surface area contributed by atoms with Crippen LogP contribution in [-0.2, 0) is 0 Å². The van der Waals surface area contributed by atoms with E-state index in [1.165, 1.54) is 0 Å². The Kier molecular flexibility index (Phi) is 3.74. The lowest BCUT2D eigenvalue weighted by Gasteiger charge is -2.06. The number of anilines is 2. The highest BCUT2D eigenvalue weighted by Crippen LogP contribution is 2.24. The van der Waals surface area contributed by atoms with Gasteiger partial charge in [-0.05, 0) is 58.2 Å². The van der Waals surface area contributed by atoms with Gasteiger partial charge >= 0.3 is 0 Å². The van der Waals surface area contributed by atoms with Crippen molar-refractivity contribution in [1.29, 1.82) is 0 Å². The van der Waals surface area contributed by atoms with Crippen LogP contribution in [0.25, 0.3) is 10.8 Å². The van der Waals surface area contributed by atoms with Crippen LogP contribution in [0.5, 0.6) is 0 Å². The topological polar surface area (TPSA) is 50.7 Å². The third-order valence-electron chi connectivity index (χ3n) is 2.64. The third-order valence-corrected chi connectivity index (χ3v) is 3.47. The summed E-state index contributed by atoms with van der Waals surface area (Å²) in [4.78, 5) is 11.6. The second kappa shape index (κ2) is 5.52. The van der Waals surface area contributed by atoms with Gasteiger partial charge in [-0.15, -0.1) is 0 Å². The van der Waals surface area contributed by atoms with Crippen LogP contribution in [0.15, 0.2) is 40.9 Å². The van der Waals surface area contributed by atoms with Gasteiger partial charge < -0.3 is 5.32 Å². The molecule has 0 spiro atoms. The minimum atomic E-state index is 0.0530. The molecule has 0 saturated heterocycles. The Hall–Kier alpha value is -1.43. The van der Waals surface area contributed by atoms with Crippen LogP contribution in [0.4, 0.5) is 11.6 Å². The van der Waals surface area contributed by atoms with Crippen molar-refractivity contribution >= 4 is 61.5 Å². The maximum Gasteiger partial charge on any atom is 0.232 e. The second-order valence-electron chi connectivity index (χ2n) is 4.03. The van der Waals surface area contributed by atoms with E-state index in [1.807, 2.05) is 30.3 Å². The molecule has 0 aliphatic rings. The van der Waals surface area contributed by atoms with Crippen molar-refractivity contribution in [2.75, 3.05) is 5.32 Å². The van der Waals surface area contributed by atoms with E-state index in [9.17, 15) is 0 Å². The summed E-state index contributed by atoms with van der Waals surface area (Å²) in [6.45, 7) is 0. The average Bonchev–Trinajstić information content (AvgIpc) is 2.38. The minimum absolute atomic E-state index is 0.0530. The molecule has 1 aromatic heterocycles. The molecule has 0 bridgehead atoms. The molecule has 7 heteroatoms. The highest BCUT2D eigenvalue weighted by molar-refractivity contribution is 9.10. The summed E-state index contributed by atoms with van der Waals surface area (Å²) in [5, 5.41) is 5.39. The minimum Gasteiger partial charge on any atom is -0.324 e. The first-order valence-corrected chi connectivity index (χ1v) is 7.18. The second-order valence-corrected chi connectivity index (χ2v) is 5.62. The van der Waals surface area contributed by atoms with Crippen LogP contribution in [0, 0.1) is 0 Å². The van der Waals surface area contributed by atoms with Gasteiger partial charge in [0.25, 0.3) is 0 Å². The molecule has 0 saturated carbocycles. The smallest absolute Gasteiger partial charge is 0.232 e. The van der Waals surface area contributed by atoms with Crippen LogP contribution in [0.2, 0.25) is 10.6 Å². The summed E-state index contributed by atoms with van der Waals surface area (Å²) in [6.07, 6.45) is 0. The molecule has 0 amide bonds. The Morgan fingerprint density at radius 2 is 1.50 bits per heavy atom. The van der Waals surface area contributed by atoms with Gasteiger partial charge in [-0.1, -0.05) is 28.1 Å². The predicted molar refractivity (Wildman–Crippen MR) is 84.8 cm³/mol. The van der Waals surface area contributed by atoms with Crippen molar-refractivity contribution in [1.82, 2.24) is 15.0 Å². The number of hydrogen-bond acceptors (Lipinski definition) is 4. The van der Waals surface area contributed by atoms with E-state index in [-0.39, 0.29) is 10.6 Å². The van der Waals surface area contributed by atoms with Crippen LogP contribution < -0.4 is 5.32 Å². The Morgan fingerprint density at radius 3 is 2.25 bits per heavy atom. The van der Waals surface area contributed by atoms with E-state index in [0.717, 1.165) is 20.9 Å². The maximum absolute atomic E-state index is 5.74. The monoisotopic (exact) mass is 368 g/mol. The fourth-order valence-corrected chi connectivity index (χ4v) is 2.55. The Balaban J connectivity index is 1.96. The molecular formula is C13H7BrCl2N4. The molecule has 0 atom stereocenters. The zero-order valence-corrected chi connectivity index (χ0v) is 13.0. The maximum atomic E-state index is 5.74. The molecular weight excluding hydrogens is 363 g/mol. The first kappa shape index (κ1) is 13.5. The van der Waals surface area contributed by atoms with Crippen LogP contribution in [0.1, 0.15) is 0 Å². The molecule has 0 fully saturated rings. The summed E-state index contributed by atoms with van der Waals surface area (Å²) in [5.74, 6) is 0.312. The molecule has 1 N–H and O–H groups in total. The molecule has 0 unspecified atom stereocenters. The molecule has 2 aromatic carbocycles. The molecule has 4 nitrogen and oxygen atoms in total. The Bertz CT molecular complexity index is 774. The number of nitrogens with zero attached hydrogens (tertiary/aromatic N) is 3. The quantitative estimate of drug-likeness (QED) is 0.702. The standard InChI is InChI=1S/C13H7BrCl2N4/c14-9-3-1-8-6-10(4-2-7(8)5-9)17-13-19-11(15)18-12(16)20-13/h1-6H,(H,17,18,19,20). The summed E-state index contributed by atoms with van der Waals surface area (Å²) in [7, 11) is 0. The lowest BCUT2D eigenvalue weighted by atomic mass is 10.1. The first-order valence-electron chi connectivity index (χ1n) is 5.63. The lowest BCUT2D eigenvalue weighted by molar-refractivity contribution is 1.05. The van der Waals surface area contributed by atoms with Crippen LogP contribution in [0.3, 0.4) is 0 Å². The van der Waals surface area contributed by atoms with Gasteiger partial charge in [0.05, 0.1) is 0 Å². The van der Waals surface area contributed by atoms with Gasteiger partial charge in [-0.2, -0.15) is 15.0 Å². The molecule has 3 aromatic rings. The largest absolute Gasteiger partial charge is 0.324 e. The average molecular weight is 370 g/mol. The van der Waals surface area contributed by atoms with E-state index in [4.69, 9.17) is 23.2 Å². The van der Waals surface area contributed by atoms with E-state index in [0.29, 0.717) is 5.95 Å². The van der Waals surface area contributed by atoms with Crippen molar-refractivity contribution < 1.29 is 0 Å². The molecule has 0 aliphatic carbocycles. The molecule has 3 rings (SSSR count). The first-order chi connectivity index (χ1) is 9.60. The summed E-state index contributed by atoms with van der Waals surface area (Å²) < 4.78 is 1.04. The highest BCUT2D eigenvalue weighted by atomic mass is 79.9. The van der Waals surface area contributed by atoms with Crippen LogP contribution >= 0.6 is 39.1 Å². The van der Waals surface area contributed by atoms with Crippen molar-refractivity contribution in [3.05, 3.63) is 51.4 Å². The fourth-order valence-electron chi connectivity index (χ4n) is 1.81. The summed E-state index contributed by atoms with van der Waals surface area (Å²) in [6, 6.07) is 12.0. The van der Waals surface area contributed by atoms with E-state index < -0.39 is 0 Å². The fraction of sp³-hybridized carbons (Fsp3) is 0. The molecule has 1 heterocycles. The zero-order chi connectivity index (χ0) is 14.1. The zero-order valence-electron chi connectivity index (χ0n) is 9.94. The van der Waals surface area contributed by atoms with E-state index in [1.54, 1.807) is 0 Å². The predicted octanol–water partition coefficient (Wildman–Crippen LogP) is 4.84. The highest BCUT2D eigenvalue weighted by Gasteiger charge is 2.04. The van der Waals surface area contributed by atoms with Crippen molar-refractivity contribution in [3.63, 3.8) is 0 Å². The number of aromatic nitrogens is 3. The Labute approximate surface area is 133 Å². The van der Waals surface area contributed by atoms with Crippen LogP contribution in [-0.4, -0.2) is 15.0 Å². The van der Waals surface area contributed by atoms with Gasteiger partial charge in [-0.3, -0.25) is 0 Å². The SMILES string of the molecule is Clc1nc(Cl)nc(Nc2ccc3cc(Br)ccc3c2)n1. The van der Waals surface area contributed by atoms with Gasteiger partial charge in [0.15, 0.2) is 0 Å². The number of halogens is 3. The van der Waals surface area contributed by atoms with Crippen molar-refractivity contribution in [2.45, 2.75) is 0 Å². The summed E-state index contributed by atoms with van der Waals surface area (Å²) >= 11 is 14.9. The number of rotatable bonds is 2. The molecule has 20 heavy (non-hydrogen) atoms. The van der Waals surface area contributed by atoms with Gasteiger partial charge in [-0.25, -0.2) is 0 Å². The number of fused-ring (bicyclic) bond motifs is 1. The van der Waals surface area contributed by atoms with Gasteiger partial charge in [0, 0.05) is 10.2 Å². The summed E-state index contributed by atoms with van der Waals surface area (Å²) in [5.41, 5.74) is 0.846. The van der Waals surface area contributed by atoms with Crippen molar-refractivity contribution in [2.24, 2.45) is 0 Å². The Morgan fingerprint density at radius 1 is 0.850 bits per heavy atom. The van der Waals surface area contributed by atoms with E-state index in [2.05, 4.69) is 42.3 Å². The number of nitrogens with one attached hydrogen (secondary N) is 1. The lowest BCUT2D eigenvalue weighted by Crippen LogP contribution is -1.99. The van der Waals surface area contributed by atoms with Crippen molar-refractivity contribution in [3.8, 4) is 0 Å². The van der Waals surface area contributed by atoms with Gasteiger partial charge in [0.1, 0.15) is 0 Å². The molecule has 0 radical (unpaired) electrons. The third kappa shape index (κ3) is 3.00.